The lowest BCUT2D eigenvalue weighted by Gasteiger charge is -2.29. The first-order chi connectivity index (χ1) is 13.2. The van der Waals surface area contributed by atoms with Crippen LogP contribution in [0.4, 0.5) is 5.69 Å². The molecule has 1 heterocycles. The molecule has 0 saturated heterocycles. The van der Waals surface area contributed by atoms with Gasteiger partial charge in [0, 0.05) is 33.3 Å². The van der Waals surface area contributed by atoms with Crippen LogP contribution in [0.15, 0.2) is 77.7 Å². The number of hydrogen-bond acceptors (Lipinski definition) is 3. The highest BCUT2D eigenvalue weighted by molar-refractivity contribution is 7.99. The fourth-order valence-corrected chi connectivity index (χ4v) is 4.19. The summed E-state index contributed by atoms with van der Waals surface area (Å²) in [5.41, 5.74) is 2.57. The summed E-state index contributed by atoms with van der Waals surface area (Å²) in [4.78, 5) is 16.0. The third kappa shape index (κ3) is 3.97. The smallest absolute Gasteiger partial charge is 0.258 e. The largest absolute Gasteiger partial charge is 0.489 e. The van der Waals surface area contributed by atoms with Crippen molar-refractivity contribution in [3.63, 3.8) is 0 Å². The van der Waals surface area contributed by atoms with Gasteiger partial charge in [0.1, 0.15) is 12.4 Å². The summed E-state index contributed by atoms with van der Waals surface area (Å²) in [6, 6.07) is 22.9. The molecule has 0 aliphatic carbocycles. The number of para-hydroxylation sites is 1. The van der Waals surface area contributed by atoms with E-state index in [-0.39, 0.29) is 5.91 Å². The zero-order valence-corrected chi connectivity index (χ0v) is 16.2. The normalized spacial score (nSPS) is 13.1. The van der Waals surface area contributed by atoms with Crippen molar-refractivity contribution in [1.82, 2.24) is 0 Å². The van der Waals surface area contributed by atoms with Crippen LogP contribution in [0.1, 0.15) is 15.9 Å². The Morgan fingerprint density at radius 3 is 2.56 bits per heavy atom. The molecule has 0 unspecified atom stereocenters. The van der Waals surface area contributed by atoms with Crippen LogP contribution in [-0.4, -0.2) is 18.2 Å². The second-order valence-electron chi connectivity index (χ2n) is 6.18. The van der Waals surface area contributed by atoms with Crippen molar-refractivity contribution < 1.29 is 9.53 Å². The van der Waals surface area contributed by atoms with Gasteiger partial charge in [-0.1, -0.05) is 41.9 Å². The molecule has 0 N–H and O–H groups in total. The van der Waals surface area contributed by atoms with E-state index in [1.165, 1.54) is 0 Å². The first-order valence-electron chi connectivity index (χ1n) is 8.72. The van der Waals surface area contributed by atoms with E-state index in [1.54, 1.807) is 11.8 Å². The van der Waals surface area contributed by atoms with Gasteiger partial charge >= 0.3 is 0 Å². The van der Waals surface area contributed by atoms with Crippen LogP contribution in [0.2, 0.25) is 5.02 Å². The minimum atomic E-state index is 0.0143. The van der Waals surface area contributed by atoms with E-state index in [2.05, 4.69) is 6.07 Å². The molecule has 1 aliphatic heterocycles. The molecule has 3 aromatic carbocycles. The van der Waals surface area contributed by atoms with Crippen molar-refractivity contribution in [3.8, 4) is 5.75 Å². The van der Waals surface area contributed by atoms with Crippen molar-refractivity contribution in [2.75, 3.05) is 17.2 Å². The number of carbonyl (C=O) groups excluding carboxylic acids is 1. The van der Waals surface area contributed by atoms with Crippen molar-refractivity contribution in [3.05, 3.63) is 88.9 Å². The minimum Gasteiger partial charge on any atom is -0.489 e. The summed E-state index contributed by atoms with van der Waals surface area (Å²) >= 11 is 7.94. The molecule has 4 rings (SSSR count). The Labute approximate surface area is 167 Å². The zero-order chi connectivity index (χ0) is 18.6. The second kappa shape index (κ2) is 8.07. The molecule has 0 radical (unpaired) electrons. The number of anilines is 1. The lowest BCUT2D eigenvalue weighted by Crippen LogP contribution is -2.35. The van der Waals surface area contributed by atoms with Crippen LogP contribution in [0.3, 0.4) is 0 Å². The molecule has 0 fully saturated rings. The molecular formula is C22H18ClNO2S. The Kier molecular flexibility index (Phi) is 5.37. The van der Waals surface area contributed by atoms with Gasteiger partial charge in [-0.3, -0.25) is 4.79 Å². The number of carbonyl (C=O) groups is 1. The molecule has 3 aromatic rings. The van der Waals surface area contributed by atoms with E-state index < -0.39 is 0 Å². The van der Waals surface area contributed by atoms with Gasteiger partial charge in [-0.25, -0.2) is 0 Å². The van der Waals surface area contributed by atoms with Crippen LogP contribution in [0, 0.1) is 0 Å². The number of ether oxygens (including phenoxy) is 1. The Morgan fingerprint density at radius 2 is 1.74 bits per heavy atom. The second-order valence-corrected chi connectivity index (χ2v) is 7.72. The first-order valence-corrected chi connectivity index (χ1v) is 10.1. The Balaban J connectivity index is 1.46. The highest BCUT2D eigenvalue weighted by Gasteiger charge is 2.23. The highest BCUT2D eigenvalue weighted by Crippen LogP contribution is 2.35. The van der Waals surface area contributed by atoms with Crippen molar-refractivity contribution in [2.24, 2.45) is 0 Å². The molecule has 0 bridgehead atoms. The Morgan fingerprint density at radius 1 is 1.00 bits per heavy atom. The van der Waals surface area contributed by atoms with Gasteiger partial charge < -0.3 is 9.64 Å². The maximum Gasteiger partial charge on any atom is 0.258 e. The Hall–Kier alpha value is -2.43. The topological polar surface area (TPSA) is 29.5 Å². The van der Waals surface area contributed by atoms with Gasteiger partial charge in [-0.05, 0) is 42.5 Å². The van der Waals surface area contributed by atoms with Gasteiger partial charge in [0.25, 0.3) is 5.91 Å². The van der Waals surface area contributed by atoms with Gasteiger partial charge in [-0.15, -0.1) is 11.8 Å². The maximum absolute atomic E-state index is 13.0. The lowest BCUT2D eigenvalue weighted by molar-refractivity contribution is 0.0987. The van der Waals surface area contributed by atoms with Crippen LogP contribution in [-0.2, 0) is 6.61 Å². The number of hydrogen-bond donors (Lipinski definition) is 0. The molecule has 1 aliphatic rings. The zero-order valence-electron chi connectivity index (χ0n) is 14.6. The van der Waals surface area contributed by atoms with Crippen molar-refractivity contribution in [1.29, 1.82) is 0 Å². The molecule has 0 aromatic heterocycles. The molecule has 1 amide bonds. The molecule has 0 saturated carbocycles. The number of nitrogens with zero attached hydrogens (tertiary/aromatic N) is 1. The summed E-state index contributed by atoms with van der Waals surface area (Å²) in [5.74, 6) is 1.63. The van der Waals surface area contributed by atoms with Gasteiger partial charge in [0.15, 0.2) is 0 Å². The summed E-state index contributed by atoms with van der Waals surface area (Å²) < 4.78 is 5.80. The van der Waals surface area contributed by atoms with Crippen LogP contribution >= 0.6 is 23.4 Å². The average molecular weight is 396 g/mol. The van der Waals surface area contributed by atoms with Crippen molar-refractivity contribution in [2.45, 2.75) is 11.5 Å². The van der Waals surface area contributed by atoms with Gasteiger partial charge in [0.2, 0.25) is 0 Å². The third-order valence-electron chi connectivity index (χ3n) is 4.43. The summed E-state index contributed by atoms with van der Waals surface area (Å²) in [7, 11) is 0. The summed E-state index contributed by atoms with van der Waals surface area (Å²) in [6.07, 6.45) is 0. The molecular weight excluding hydrogens is 378 g/mol. The van der Waals surface area contributed by atoms with Gasteiger partial charge in [-0.2, -0.15) is 0 Å². The standard InChI is InChI=1S/C22H18ClNO2S/c23-19-6-2-1-5-17(19)15-26-18-11-9-16(10-12-18)22(25)24-13-14-27-21-8-4-3-7-20(21)24/h1-12H,13-15H2. The van der Waals surface area contributed by atoms with E-state index in [1.807, 2.05) is 71.6 Å². The number of thioether (sulfide) groups is 1. The minimum absolute atomic E-state index is 0.0143. The molecule has 5 heteroatoms. The average Bonchev–Trinajstić information content (AvgIpc) is 2.73. The fraction of sp³-hybridized carbons (Fsp3) is 0.136. The number of halogens is 1. The van der Waals surface area contributed by atoms with Crippen LogP contribution < -0.4 is 9.64 Å². The lowest BCUT2D eigenvalue weighted by atomic mass is 10.1. The molecule has 3 nitrogen and oxygen atoms in total. The fourth-order valence-electron chi connectivity index (χ4n) is 3.01. The quantitative estimate of drug-likeness (QED) is 0.569. The molecule has 0 spiro atoms. The highest BCUT2D eigenvalue weighted by atomic mass is 35.5. The van der Waals surface area contributed by atoms with Crippen LogP contribution in [0.5, 0.6) is 5.75 Å². The molecule has 0 atom stereocenters. The van der Waals surface area contributed by atoms with E-state index in [4.69, 9.17) is 16.3 Å². The number of fused-ring (bicyclic) bond motifs is 1. The number of benzene rings is 3. The summed E-state index contributed by atoms with van der Waals surface area (Å²) in [6.45, 7) is 1.11. The molecule has 136 valence electrons. The Bertz CT molecular complexity index is 959. The van der Waals surface area contributed by atoms with E-state index in [0.717, 1.165) is 21.9 Å². The molecule has 27 heavy (non-hydrogen) atoms. The third-order valence-corrected chi connectivity index (χ3v) is 5.84. The van der Waals surface area contributed by atoms with Crippen molar-refractivity contribution >= 4 is 35.0 Å². The SMILES string of the molecule is O=C(c1ccc(OCc2ccccc2Cl)cc1)N1CCSc2ccccc21. The van der Waals surface area contributed by atoms with E-state index >= 15 is 0 Å². The van der Waals surface area contributed by atoms with Gasteiger partial charge in [0.05, 0.1) is 5.69 Å². The predicted molar refractivity (Wildman–Crippen MR) is 111 cm³/mol. The number of amides is 1. The predicted octanol–water partition coefficient (Wildman–Crippen LogP) is 5.67. The van der Waals surface area contributed by atoms with Crippen LogP contribution in [0.25, 0.3) is 0 Å². The van der Waals surface area contributed by atoms with E-state index in [9.17, 15) is 4.79 Å². The monoisotopic (exact) mass is 395 g/mol. The maximum atomic E-state index is 13.0. The van der Waals surface area contributed by atoms with E-state index in [0.29, 0.717) is 29.5 Å². The first kappa shape index (κ1) is 18.0. The number of rotatable bonds is 4. The summed E-state index contributed by atoms with van der Waals surface area (Å²) in [5, 5.41) is 0.686.